The fourth-order valence-electron chi connectivity index (χ4n) is 2.22. The van der Waals surface area contributed by atoms with Crippen LogP contribution in [0.2, 0.25) is 0 Å². The molecule has 2 atom stereocenters. The molecule has 1 amide bonds. The van der Waals surface area contributed by atoms with Gasteiger partial charge in [0.1, 0.15) is 5.75 Å². The van der Waals surface area contributed by atoms with E-state index in [2.05, 4.69) is 16.0 Å². The van der Waals surface area contributed by atoms with Crippen LogP contribution in [0.25, 0.3) is 0 Å². The van der Waals surface area contributed by atoms with Gasteiger partial charge < -0.3 is 21.1 Å². The zero-order valence-electron chi connectivity index (χ0n) is 11.1. The topological polar surface area (TPSA) is 73.4 Å². The van der Waals surface area contributed by atoms with Gasteiger partial charge in [0.15, 0.2) is 0 Å². The molecule has 2 rings (SSSR count). The molecule has 1 aromatic rings. The van der Waals surface area contributed by atoms with Crippen molar-refractivity contribution in [3.8, 4) is 5.75 Å². The Labute approximate surface area is 113 Å². The van der Waals surface area contributed by atoms with E-state index in [0.717, 1.165) is 25.1 Å². The quantitative estimate of drug-likeness (QED) is 0.617. The zero-order valence-corrected chi connectivity index (χ0v) is 11.1. The van der Waals surface area contributed by atoms with Gasteiger partial charge in [-0.15, -0.1) is 0 Å². The lowest BCUT2D eigenvalue weighted by Gasteiger charge is -2.25. The van der Waals surface area contributed by atoms with Crippen LogP contribution >= 0.6 is 0 Å². The first-order valence-corrected chi connectivity index (χ1v) is 6.67. The van der Waals surface area contributed by atoms with Crippen molar-refractivity contribution in [2.75, 3.05) is 19.6 Å². The van der Waals surface area contributed by atoms with E-state index in [9.17, 15) is 9.90 Å². The maximum absolute atomic E-state index is 12.0. The van der Waals surface area contributed by atoms with Crippen molar-refractivity contribution in [2.24, 2.45) is 0 Å². The largest absolute Gasteiger partial charge is 0.508 e. The Bertz CT molecular complexity index is 413. The SMILES string of the molecule is CC(Cc1ccc(O)cc1)NC(=O)[C@@H]1CNCCN1. The standard InChI is InChI=1S/C14H21N3O2/c1-10(8-11-2-4-12(18)5-3-11)17-14(19)13-9-15-6-7-16-13/h2-5,10,13,15-16,18H,6-9H2,1H3,(H,17,19)/t10?,13-/m0/s1. The van der Waals surface area contributed by atoms with Crippen molar-refractivity contribution in [1.82, 2.24) is 16.0 Å². The average molecular weight is 263 g/mol. The van der Waals surface area contributed by atoms with E-state index in [1.165, 1.54) is 0 Å². The summed E-state index contributed by atoms with van der Waals surface area (Å²) < 4.78 is 0. The Kier molecular flexibility index (Phi) is 4.76. The summed E-state index contributed by atoms with van der Waals surface area (Å²) >= 11 is 0. The van der Waals surface area contributed by atoms with Crippen LogP contribution in [0.5, 0.6) is 5.75 Å². The molecule has 1 aliphatic rings. The lowest BCUT2D eigenvalue weighted by molar-refractivity contribution is -0.123. The second-order valence-corrected chi connectivity index (χ2v) is 4.99. The van der Waals surface area contributed by atoms with E-state index in [1.807, 2.05) is 19.1 Å². The lowest BCUT2D eigenvalue weighted by atomic mass is 10.1. The molecular formula is C14H21N3O2. The minimum atomic E-state index is -0.143. The first kappa shape index (κ1) is 13.8. The summed E-state index contributed by atoms with van der Waals surface area (Å²) in [6.45, 7) is 4.40. The minimum Gasteiger partial charge on any atom is -0.508 e. The molecule has 19 heavy (non-hydrogen) atoms. The molecule has 0 aromatic heterocycles. The number of phenolic OH excluding ortho intramolecular Hbond substituents is 1. The molecule has 5 heteroatoms. The van der Waals surface area contributed by atoms with Gasteiger partial charge in [-0.25, -0.2) is 0 Å². The second-order valence-electron chi connectivity index (χ2n) is 4.99. The molecule has 1 unspecified atom stereocenters. The number of aromatic hydroxyl groups is 1. The van der Waals surface area contributed by atoms with Crippen LogP contribution in [0.15, 0.2) is 24.3 Å². The third kappa shape index (κ3) is 4.22. The molecule has 0 radical (unpaired) electrons. The highest BCUT2D eigenvalue weighted by Gasteiger charge is 2.21. The van der Waals surface area contributed by atoms with E-state index in [0.29, 0.717) is 6.54 Å². The van der Waals surface area contributed by atoms with Crippen molar-refractivity contribution in [2.45, 2.75) is 25.4 Å². The predicted molar refractivity (Wildman–Crippen MR) is 74.1 cm³/mol. The van der Waals surface area contributed by atoms with Crippen molar-refractivity contribution in [3.05, 3.63) is 29.8 Å². The first-order chi connectivity index (χ1) is 9.15. The average Bonchev–Trinajstić information content (AvgIpc) is 2.42. The molecule has 0 spiro atoms. The van der Waals surface area contributed by atoms with Gasteiger partial charge in [-0.05, 0) is 31.0 Å². The number of nitrogens with one attached hydrogen (secondary N) is 3. The molecule has 4 N–H and O–H groups in total. The number of benzene rings is 1. The molecule has 1 aromatic carbocycles. The van der Waals surface area contributed by atoms with Gasteiger partial charge in [0.2, 0.25) is 5.91 Å². The molecule has 0 bridgehead atoms. The molecular weight excluding hydrogens is 242 g/mol. The first-order valence-electron chi connectivity index (χ1n) is 6.67. The van der Waals surface area contributed by atoms with Gasteiger partial charge in [0, 0.05) is 25.7 Å². The van der Waals surface area contributed by atoms with Crippen LogP contribution in [0, 0.1) is 0 Å². The third-order valence-electron chi connectivity index (χ3n) is 3.22. The summed E-state index contributed by atoms with van der Waals surface area (Å²) in [6, 6.07) is 7.00. The minimum absolute atomic E-state index is 0.0403. The van der Waals surface area contributed by atoms with Crippen LogP contribution in [0.1, 0.15) is 12.5 Å². The lowest BCUT2D eigenvalue weighted by Crippen LogP contribution is -2.57. The highest BCUT2D eigenvalue weighted by molar-refractivity contribution is 5.82. The fourth-order valence-corrected chi connectivity index (χ4v) is 2.22. The van der Waals surface area contributed by atoms with Gasteiger partial charge in [0.05, 0.1) is 6.04 Å². The molecule has 1 saturated heterocycles. The maximum Gasteiger partial charge on any atom is 0.238 e. The number of amides is 1. The molecule has 104 valence electrons. The summed E-state index contributed by atoms with van der Waals surface area (Å²) in [4.78, 5) is 12.0. The van der Waals surface area contributed by atoms with Gasteiger partial charge in [-0.2, -0.15) is 0 Å². The van der Waals surface area contributed by atoms with E-state index < -0.39 is 0 Å². The molecule has 5 nitrogen and oxygen atoms in total. The van der Waals surface area contributed by atoms with E-state index in [-0.39, 0.29) is 23.7 Å². The van der Waals surface area contributed by atoms with Crippen LogP contribution in [0.3, 0.4) is 0 Å². The van der Waals surface area contributed by atoms with Crippen molar-refractivity contribution in [1.29, 1.82) is 0 Å². The highest BCUT2D eigenvalue weighted by Crippen LogP contribution is 2.11. The fraction of sp³-hybridized carbons (Fsp3) is 0.500. The summed E-state index contributed by atoms with van der Waals surface area (Å²) in [5.74, 6) is 0.302. The van der Waals surface area contributed by atoms with Crippen molar-refractivity contribution < 1.29 is 9.90 Å². The van der Waals surface area contributed by atoms with Crippen molar-refractivity contribution >= 4 is 5.91 Å². The third-order valence-corrected chi connectivity index (χ3v) is 3.22. The van der Waals surface area contributed by atoms with Crippen molar-refractivity contribution in [3.63, 3.8) is 0 Å². The Morgan fingerprint density at radius 2 is 2.16 bits per heavy atom. The Morgan fingerprint density at radius 1 is 1.42 bits per heavy atom. The van der Waals surface area contributed by atoms with Gasteiger partial charge in [-0.1, -0.05) is 12.1 Å². The van der Waals surface area contributed by atoms with Crippen LogP contribution in [0.4, 0.5) is 0 Å². The normalized spacial score (nSPS) is 20.8. The molecule has 1 aliphatic heterocycles. The Hall–Kier alpha value is -1.59. The number of carbonyl (C=O) groups excluding carboxylic acids is 1. The van der Waals surface area contributed by atoms with E-state index in [4.69, 9.17) is 0 Å². The Balaban J connectivity index is 1.81. The number of phenols is 1. The smallest absolute Gasteiger partial charge is 0.238 e. The molecule has 1 heterocycles. The molecule has 1 fully saturated rings. The number of hydrogen-bond acceptors (Lipinski definition) is 4. The predicted octanol–water partition coefficient (Wildman–Crippen LogP) is 0.000800. The Morgan fingerprint density at radius 3 is 2.79 bits per heavy atom. The summed E-state index contributed by atoms with van der Waals surface area (Å²) in [5, 5.41) is 18.6. The van der Waals surface area contributed by atoms with Crippen LogP contribution in [-0.2, 0) is 11.2 Å². The van der Waals surface area contributed by atoms with E-state index in [1.54, 1.807) is 12.1 Å². The molecule has 0 aliphatic carbocycles. The summed E-state index contributed by atoms with van der Waals surface area (Å²) in [7, 11) is 0. The number of rotatable bonds is 4. The van der Waals surface area contributed by atoms with Crippen LogP contribution in [-0.4, -0.2) is 42.7 Å². The van der Waals surface area contributed by atoms with Gasteiger partial charge in [0.25, 0.3) is 0 Å². The van der Waals surface area contributed by atoms with E-state index >= 15 is 0 Å². The summed E-state index contributed by atoms with van der Waals surface area (Å²) in [5.41, 5.74) is 1.10. The highest BCUT2D eigenvalue weighted by atomic mass is 16.3. The number of hydrogen-bond donors (Lipinski definition) is 4. The number of piperazine rings is 1. The molecule has 0 saturated carbocycles. The maximum atomic E-state index is 12.0. The van der Waals surface area contributed by atoms with Crippen LogP contribution < -0.4 is 16.0 Å². The monoisotopic (exact) mass is 263 g/mol. The second kappa shape index (κ2) is 6.54. The van der Waals surface area contributed by atoms with Gasteiger partial charge >= 0.3 is 0 Å². The number of carbonyl (C=O) groups is 1. The zero-order chi connectivity index (χ0) is 13.7. The summed E-state index contributed by atoms with van der Waals surface area (Å²) in [6.07, 6.45) is 0.756. The van der Waals surface area contributed by atoms with Gasteiger partial charge in [-0.3, -0.25) is 4.79 Å².